The highest BCUT2D eigenvalue weighted by Crippen LogP contribution is 2.28. The van der Waals surface area contributed by atoms with E-state index in [1.807, 2.05) is 19.1 Å². The summed E-state index contributed by atoms with van der Waals surface area (Å²) in [6.45, 7) is 2.34. The highest BCUT2D eigenvalue weighted by molar-refractivity contribution is 5.98. The zero-order valence-corrected chi connectivity index (χ0v) is 14.9. The lowest BCUT2D eigenvalue weighted by Crippen LogP contribution is -2.12. The lowest BCUT2D eigenvalue weighted by molar-refractivity contribution is -0.136. The van der Waals surface area contributed by atoms with Crippen LogP contribution in [0.15, 0.2) is 54.6 Å². The molecule has 26 heavy (non-hydrogen) atoms. The fourth-order valence-corrected chi connectivity index (χ4v) is 2.18. The lowest BCUT2D eigenvalue weighted by atomic mass is 10.1. The van der Waals surface area contributed by atoms with E-state index in [1.165, 1.54) is 6.08 Å². The molecule has 0 atom stereocenters. The van der Waals surface area contributed by atoms with Crippen LogP contribution in [0.1, 0.15) is 29.3 Å². The Kier molecular flexibility index (Phi) is 7.43. The molecular formula is C21H22O5. The Balaban J connectivity index is 1.92. The third kappa shape index (κ3) is 5.77. The van der Waals surface area contributed by atoms with E-state index in [2.05, 4.69) is 0 Å². The van der Waals surface area contributed by atoms with Crippen molar-refractivity contribution in [3.05, 3.63) is 65.7 Å². The smallest absolute Gasteiger partial charge is 0.331 e. The van der Waals surface area contributed by atoms with Crippen molar-refractivity contribution in [2.24, 2.45) is 0 Å². The molecule has 0 aliphatic carbocycles. The minimum absolute atomic E-state index is 0.244. The van der Waals surface area contributed by atoms with E-state index in [0.29, 0.717) is 23.7 Å². The van der Waals surface area contributed by atoms with E-state index >= 15 is 0 Å². The Morgan fingerprint density at radius 2 is 1.81 bits per heavy atom. The molecule has 0 amide bonds. The first-order chi connectivity index (χ1) is 12.6. The Bertz CT molecular complexity index is 765. The summed E-state index contributed by atoms with van der Waals surface area (Å²) in [5.74, 6) is 0.418. The summed E-state index contributed by atoms with van der Waals surface area (Å²) in [5.41, 5.74) is 1.27. The predicted octanol–water partition coefficient (Wildman–Crippen LogP) is 3.92. The van der Waals surface area contributed by atoms with E-state index < -0.39 is 5.97 Å². The monoisotopic (exact) mass is 354 g/mol. The van der Waals surface area contributed by atoms with Gasteiger partial charge in [0.1, 0.15) is 0 Å². The highest BCUT2D eigenvalue weighted by Gasteiger charge is 2.08. The number of carbonyl (C=O) groups is 2. The van der Waals surface area contributed by atoms with Crippen LogP contribution in [-0.2, 0) is 9.53 Å². The molecule has 5 heteroatoms. The largest absolute Gasteiger partial charge is 0.493 e. The minimum Gasteiger partial charge on any atom is -0.493 e. The summed E-state index contributed by atoms with van der Waals surface area (Å²) in [6.07, 6.45) is 3.78. The molecule has 0 saturated carbocycles. The van der Waals surface area contributed by atoms with Gasteiger partial charge in [-0.2, -0.15) is 0 Å². The Hall–Kier alpha value is -3.08. The van der Waals surface area contributed by atoms with Crippen LogP contribution in [-0.4, -0.2) is 32.1 Å². The van der Waals surface area contributed by atoms with Crippen molar-refractivity contribution in [2.75, 3.05) is 20.3 Å². The maximum Gasteiger partial charge on any atom is 0.331 e. The van der Waals surface area contributed by atoms with E-state index in [1.54, 1.807) is 49.6 Å². The van der Waals surface area contributed by atoms with Gasteiger partial charge in [0.05, 0.1) is 13.7 Å². The maximum atomic E-state index is 11.9. The molecule has 0 aliphatic heterocycles. The van der Waals surface area contributed by atoms with Gasteiger partial charge in [0.25, 0.3) is 0 Å². The molecule has 0 radical (unpaired) electrons. The van der Waals surface area contributed by atoms with Gasteiger partial charge in [0, 0.05) is 11.6 Å². The maximum absolute atomic E-state index is 11.9. The third-order valence-electron chi connectivity index (χ3n) is 3.50. The first-order valence-electron chi connectivity index (χ1n) is 8.38. The summed E-state index contributed by atoms with van der Waals surface area (Å²) in [5, 5.41) is 0. The quantitative estimate of drug-likeness (QED) is 0.388. The molecule has 0 N–H and O–H groups in total. The second kappa shape index (κ2) is 10.0. The Labute approximate surface area is 153 Å². The van der Waals surface area contributed by atoms with Crippen LogP contribution in [0.4, 0.5) is 0 Å². The molecule has 2 rings (SSSR count). The standard InChI is InChI=1S/C21H22O5/c1-3-13-25-19-11-9-16(14-20(19)24-2)10-12-21(23)26-15-18(22)17-7-5-4-6-8-17/h4-12,14H,3,13,15H2,1-2H3/b12-10+. The molecule has 2 aromatic rings. The van der Waals surface area contributed by atoms with Crippen LogP contribution in [0, 0.1) is 0 Å². The SMILES string of the molecule is CCCOc1ccc(/C=C/C(=O)OCC(=O)c2ccccc2)cc1OC. The second-order valence-corrected chi connectivity index (χ2v) is 5.49. The predicted molar refractivity (Wildman–Crippen MR) is 99.5 cm³/mol. The zero-order valence-electron chi connectivity index (χ0n) is 14.9. The number of esters is 1. The fourth-order valence-electron chi connectivity index (χ4n) is 2.18. The Morgan fingerprint density at radius 3 is 2.50 bits per heavy atom. The van der Waals surface area contributed by atoms with E-state index in [4.69, 9.17) is 14.2 Å². The lowest BCUT2D eigenvalue weighted by Gasteiger charge is -2.10. The molecule has 0 saturated heterocycles. The van der Waals surface area contributed by atoms with Crippen molar-refractivity contribution >= 4 is 17.8 Å². The molecule has 0 heterocycles. The van der Waals surface area contributed by atoms with Crippen LogP contribution < -0.4 is 9.47 Å². The number of rotatable bonds is 9. The number of methoxy groups -OCH3 is 1. The molecule has 0 aliphatic rings. The van der Waals surface area contributed by atoms with Crippen LogP contribution in [0.2, 0.25) is 0 Å². The third-order valence-corrected chi connectivity index (χ3v) is 3.50. The van der Waals surface area contributed by atoms with Gasteiger partial charge in [0.2, 0.25) is 0 Å². The fraction of sp³-hybridized carbons (Fsp3) is 0.238. The zero-order chi connectivity index (χ0) is 18.8. The van der Waals surface area contributed by atoms with Gasteiger partial charge in [-0.1, -0.05) is 43.3 Å². The average molecular weight is 354 g/mol. The number of ether oxygens (including phenoxy) is 3. The van der Waals surface area contributed by atoms with Gasteiger partial charge in [0.15, 0.2) is 23.9 Å². The number of carbonyl (C=O) groups excluding carboxylic acids is 2. The van der Waals surface area contributed by atoms with Crippen LogP contribution in [0.3, 0.4) is 0 Å². The molecule has 5 nitrogen and oxygen atoms in total. The van der Waals surface area contributed by atoms with Gasteiger partial charge in [-0.3, -0.25) is 4.79 Å². The van der Waals surface area contributed by atoms with Gasteiger partial charge >= 0.3 is 5.97 Å². The van der Waals surface area contributed by atoms with Crippen molar-refractivity contribution in [3.63, 3.8) is 0 Å². The number of hydrogen-bond acceptors (Lipinski definition) is 5. The first-order valence-corrected chi connectivity index (χ1v) is 8.38. The Morgan fingerprint density at radius 1 is 1.04 bits per heavy atom. The first kappa shape index (κ1) is 19.2. The van der Waals surface area contributed by atoms with Crippen LogP contribution >= 0.6 is 0 Å². The normalized spacial score (nSPS) is 10.5. The molecule has 136 valence electrons. The van der Waals surface area contributed by atoms with Crippen LogP contribution in [0.5, 0.6) is 11.5 Å². The van der Waals surface area contributed by atoms with Crippen molar-refractivity contribution in [3.8, 4) is 11.5 Å². The van der Waals surface area contributed by atoms with Gasteiger partial charge < -0.3 is 14.2 Å². The van der Waals surface area contributed by atoms with Gasteiger partial charge in [-0.25, -0.2) is 4.79 Å². The molecule has 0 unspecified atom stereocenters. The summed E-state index contributed by atoms with van der Waals surface area (Å²) in [6, 6.07) is 14.1. The molecule has 2 aromatic carbocycles. The summed E-state index contributed by atoms with van der Waals surface area (Å²) in [7, 11) is 1.56. The molecule has 0 bridgehead atoms. The summed E-state index contributed by atoms with van der Waals surface area (Å²) >= 11 is 0. The highest BCUT2D eigenvalue weighted by atomic mass is 16.5. The van der Waals surface area contributed by atoms with E-state index in [-0.39, 0.29) is 12.4 Å². The van der Waals surface area contributed by atoms with Gasteiger partial charge in [-0.15, -0.1) is 0 Å². The van der Waals surface area contributed by atoms with Gasteiger partial charge in [-0.05, 0) is 30.2 Å². The second-order valence-electron chi connectivity index (χ2n) is 5.49. The number of Topliss-reactive ketones (excluding diaryl/α,β-unsaturated/α-hetero) is 1. The number of hydrogen-bond donors (Lipinski definition) is 0. The van der Waals surface area contributed by atoms with E-state index in [0.717, 1.165) is 12.0 Å². The average Bonchev–Trinajstić information content (AvgIpc) is 2.69. The molecule has 0 spiro atoms. The summed E-state index contributed by atoms with van der Waals surface area (Å²) in [4.78, 5) is 23.7. The number of benzene rings is 2. The minimum atomic E-state index is -0.584. The molecule has 0 aromatic heterocycles. The van der Waals surface area contributed by atoms with Crippen LogP contribution in [0.25, 0.3) is 6.08 Å². The molecular weight excluding hydrogens is 332 g/mol. The van der Waals surface area contributed by atoms with Crippen molar-refractivity contribution < 1.29 is 23.8 Å². The number of ketones is 1. The topological polar surface area (TPSA) is 61.8 Å². The van der Waals surface area contributed by atoms with Crippen molar-refractivity contribution in [1.82, 2.24) is 0 Å². The van der Waals surface area contributed by atoms with Crippen molar-refractivity contribution in [1.29, 1.82) is 0 Å². The van der Waals surface area contributed by atoms with E-state index in [9.17, 15) is 9.59 Å². The molecule has 0 fully saturated rings. The van der Waals surface area contributed by atoms with Crippen molar-refractivity contribution in [2.45, 2.75) is 13.3 Å². The summed E-state index contributed by atoms with van der Waals surface area (Å²) < 4.78 is 15.9.